The first kappa shape index (κ1) is 13.6. The van der Waals surface area contributed by atoms with Gasteiger partial charge in [0.25, 0.3) is 5.91 Å². The molecule has 1 fully saturated rings. The number of carbonyl (C=O) groups excluding carboxylic acids is 2. The molecule has 1 aromatic rings. The molecule has 1 atom stereocenters. The largest absolute Gasteiger partial charge is 0.356 e. The van der Waals surface area contributed by atoms with Crippen LogP contribution in [-0.2, 0) is 11.2 Å². The van der Waals surface area contributed by atoms with Gasteiger partial charge in [0.2, 0.25) is 5.91 Å². The first-order chi connectivity index (χ1) is 9.15. The van der Waals surface area contributed by atoms with E-state index in [9.17, 15) is 9.59 Å². The first-order valence-corrected chi connectivity index (χ1v) is 6.90. The van der Waals surface area contributed by atoms with E-state index >= 15 is 0 Å². The van der Waals surface area contributed by atoms with Crippen molar-refractivity contribution in [3.8, 4) is 0 Å². The van der Waals surface area contributed by atoms with Gasteiger partial charge in [-0.3, -0.25) is 9.59 Å². The lowest BCUT2D eigenvalue weighted by Gasteiger charge is -2.15. The van der Waals surface area contributed by atoms with Crippen molar-refractivity contribution in [2.75, 3.05) is 19.6 Å². The van der Waals surface area contributed by atoms with Crippen LogP contribution in [0.15, 0.2) is 12.1 Å². The van der Waals surface area contributed by atoms with Gasteiger partial charge >= 0.3 is 0 Å². The van der Waals surface area contributed by atoms with E-state index in [1.807, 2.05) is 26.0 Å². The van der Waals surface area contributed by atoms with Crippen molar-refractivity contribution in [3.05, 3.63) is 23.5 Å². The standard InChI is InChI=1S/C14H21N3O2/c1-3-11-5-6-12(16-11)14(19)17-8-7-10(9-17)13(18)15-4-2/h5-6,10,16H,3-4,7-9H2,1-2H3,(H,15,18)/t10-/m1/s1. The third-order valence-electron chi connectivity index (χ3n) is 3.55. The number of nitrogens with zero attached hydrogens (tertiary/aromatic N) is 1. The molecule has 0 radical (unpaired) electrons. The molecule has 5 nitrogen and oxygen atoms in total. The minimum Gasteiger partial charge on any atom is -0.356 e. The maximum atomic E-state index is 12.3. The number of rotatable bonds is 4. The monoisotopic (exact) mass is 263 g/mol. The minimum atomic E-state index is -0.0653. The Bertz CT molecular complexity index is 467. The second kappa shape index (κ2) is 5.91. The van der Waals surface area contributed by atoms with E-state index in [0.29, 0.717) is 25.3 Å². The summed E-state index contributed by atoms with van der Waals surface area (Å²) in [4.78, 5) is 28.9. The van der Waals surface area contributed by atoms with Gasteiger partial charge in [-0.05, 0) is 31.9 Å². The zero-order chi connectivity index (χ0) is 13.8. The normalized spacial score (nSPS) is 18.6. The van der Waals surface area contributed by atoms with E-state index in [0.717, 1.165) is 18.5 Å². The average Bonchev–Trinajstić information content (AvgIpc) is 3.07. The zero-order valence-electron chi connectivity index (χ0n) is 11.5. The number of aromatic amines is 1. The lowest BCUT2D eigenvalue weighted by atomic mass is 10.1. The van der Waals surface area contributed by atoms with Crippen LogP contribution in [0, 0.1) is 5.92 Å². The second-order valence-electron chi connectivity index (χ2n) is 4.88. The van der Waals surface area contributed by atoms with Crippen molar-refractivity contribution < 1.29 is 9.59 Å². The van der Waals surface area contributed by atoms with Crippen molar-refractivity contribution in [1.29, 1.82) is 0 Å². The number of nitrogens with one attached hydrogen (secondary N) is 2. The van der Waals surface area contributed by atoms with Gasteiger partial charge in [0.15, 0.2) is 0 Å². The maximum Gasteiger partial charge on any atom is 0.270 e. The summed E-state index contributed by atoms with van der Waals surface area (Å²) in [6, 6.07) is 3.76. The molecule has 2 rings (SSSR count). The van der Waals surface area contributed by atoms with Crippen molar-refractivity contribution in [3.63, 3.8) is 0 Å². The van der Waals surface area contributed by atoms with Gasteiger partial charge in [-0.25, -0.2) is 0 Å². The quantitative estimate of drug-likeness (QED) is 0.856. The van der Waals surface area contributed by atoms with Gasteiger partial charge in [-0.15, -0.1) is 0 Å². The molecule has 0 spiro atoms. The Morgan fingerprint density at radius 2 is 2.21 bits per heavy atom. The van der Waals surface area contributed by atoms with Gasteiger partial charge in [0.05, 0.1) is 5.92 Å². The maximum absolute atomic E-state index is 12.3. The fourth-order valence-electron chi connectivity index (χ4n) is 2.42. The first-order valence-electron chi connectivity index (χ1n) is 6.90. The molecule has 0 unspecified atom stereocenters. The van der Waals surface area contributed by atoms with E-state index in [2.05, 4.69) is 10.3 Å². The zero-order valence-corrected chi connectivity index (χ0v) is 11.5. The van der Waals surface area contributed by atoms with Crippen molar-refractivity contribution in [2.24, 2.45) is 5.92 Å². The Labute approximate surface area is 113 Å². The van der Waals surface area contributed by atoms with E-state index < -0.39 is 0 Å². The third kappa shape index (κ3) is 2.97. The molecule has 2 N–H and O–H groups in total. The van der Waals surface area contributed by atoms with Crippen LogP contribution >= 0.6 is 0 Å². The van der Waals surface area contributed by atoms with Crippen molar-refractivity contribution >= 4 is 11.8 Å². The highest BCUT2D eigenvalue weighted by molar-refractivity contribution is 5.93. The highest BCUT2D eigenvalue weighted by Crippen LogP contribution is 2.18. The summed E-state index contributed by atoms with van der Waals surface area (Å²) in [5.41, 5.74) is 1.68. The number of carbonyl (C=O) groups is 2. The number of aryl methyl sites for hydroxylation is 1. The third-order valence-corrected chi connectivity index (χ3v) is 3.55. The van der Waals surface area contributed by atoms with Gasteiger partial charge < -0.3 is 15.2 Å². The summed E-state index contributed by atoms with van der Waals surface area (Å²) in [7, 11) is 0. The summed E-state index contributed by atoms with van der Waals surface area (Å²) >= 11 is 0. The average molecular weight is 263 g/mol. The molecule has 19 heavy (non-hydrogen) atoms. The van der Waals surface area contributed by atoms with E-state index in [-0.39, 0.29) is 17.7 Å². The van der Waals surface area contributed by atoms with E-state index in [1.165, 1.54) is 0 Å². The van der Waals surface area contributed by atoms with Gasteiger partial charge in [-0.2, -0.15) is 0 Å². The number of H-pyrrole nitrogens is 1. The van der Waals surface area contributed by atoms with Crippen molar-refractivity contribution in [1.82, 2.24) is 15.2 Å². The summed E-state index contributed by atoms with van der Waals surface area (Å²) in [6.07, 6.45) is 1.63. The number of hydrogen-bond acceptors (Lipinski definition) is 2. The molecule has 0 aliphatic carbocycles. The molecule has 1 saturated heterocycles. The molecule has 5 heteroatoms. The Morgan fingerprint density at radius 1 is 1.42 bits per heavy atom. The van der Waals surface area contributed by atoms with Crippen LogP contribution in [0.2, 0.25) is 0 Å². The highest BCUT2D eigenvalue weighted by Gasteiger charge is 2.31. The van der Waals surface area contributed by atoms with Gasteiger partial charge in [-0.1, -0.05) is 6.92 Å². The summed E-state index contributed by atoms with van der Waals surface area (Å²) < 4.78 is 0. The second-order valence-corrected chi connectivity index (χ2v) is 4.88. The van der Waals surface area contributed by atoms with E-state index in [1.54, 1.807) is 4.90 Å². The minimum absolute atomic E-state index is 0.00787. The molecule has 1 aromatic heterocycles. The Morgan fingerprint density at radius 3 is 2.84 bits per heavy atom. The molecule has 104 valence electrons. The lowest BCUT2D eigenvalue weighted by molar-refractivity contribution is -0.124. The van der Waals surface area contributed by atoms with Crippen LogP contribution in [0.5, 0.6) is 0 Å². The SMILES string of the molecule is CCNC(=O)[C@@H]1CCN(C(=O)c2ccc(CC)[nH]2)C1. The predicted molar refractivity (Wildman–Crippen MR) is 72.9 cm³/mol. The molecule has 2 heterocycles. The molecule has 1 aliphatic rings. The highest BCUT2D eigenvalue weighted by atomic mass is 16.2. The number of amides is 2. The summed E-state index contributed by atoms with van der Waals surface area (Å²) in [5.74, 6) is -0.0189. The number of aromatic nitrogens is 1. The van der Waals surface area contributed by atoms with Crippen molar-refractivity contribution in [2.45, 2.75) is 26.7 Å². The molecule has 2 amide bonds. The molecule has 1 aliphatic heterocycles. The molecule has 0 aromatic carbocycles. The van der Waals surface area contributed by atoms with E-state index in [4.69, 9.17) is 0 Å². The van der Waals surface area contributed by atoms with Crippen LogP contribution in [0.4, 0.5) is 0 Å². The number of likely N-dealkylation sites (tertiary alicyclic amines) is 1. The Balaban J connectivity index is 1.96. The van der Waals surface area contributed by atoms with Gasteiger partial charge in [0, 0.05) is 25.3 Å². The predicted octanol–water partition coefficient (Wildman–Crippen LogP) is 1.18. The van der Waals surface area contributed by atoms with Crippen LogP contribution in [0.1, 0.15) is 36.5 Å². The fraction of sp³-hybridized carbons (Fsp3) is 0.571. The molecule has 0 saturated carbocycles. The summed E-state index contributed by atoms with van der Waals surface area (Å²) in [6.45, 7) is 5.76. The molecular formula is C14H21N3O2. The van der Waals surface area contributed by atoms with Crippen LogP contribution < -0.4 is 5.32 Å². The van der Waals surface area contributed by atoms with Crippen LogP contribution in [0.3, 0.4) is 0 Å². The van der Waals surface area contributed by atoms with Gasteiger partial charge in [0.1, 0.15) is 5.69 Å². The fourth-order valence-corrected chi connectivity index (χ4v) is 2.42. The smallest absolute Gasteiger partial charge is 0.270 e. The molecular weight excluding hydrogens is 242 g/mol. The number of hydrogen-bond donors (Lipinski definition) is 2. The van der Waals surface area contributed by atoms with Crippen LogP contribution in [0.25, 0.3) is 0 Å². The molecule has 0 bridgehead atoms. The van der Waals surface area contributed by atoms with Crippen LogP contribution in [-0.4, -0.2) is 41.3 Å². The summed E-state index contributed by atoms with van der Waals surface area (Å²) in [5, 5.41) is 2.82. The Kier molecular flexibility index (Phi) is 4.24. The topological polar surface area (TPSA) is 65.2 Å². The Hall–Kier alpha value is -1.78. The lowest BCUT2D eigenvalue weighted by Crippen LogP contribution is -2.34.